The van der Waals surface area contributed by atoms with E-state index in [1.807, 2.05) is 0 Å². The summed E-state index contributed by atoms with van der Waals surface area (Å²) in [7, 11) is 0. The van der Waals surface area contributed by atoms with Gasteiger partial charge in [0.15, 0.2) is 0 Å². The number of rotatable bonds is 0. The molecular weight excluding hydrogens is 280 g/mol. The van der Waals surface area contributed by atoms with Crippen molar-refractivity contribution >= 4 is 21.9 Å². The molecule has 4 atom stereocenters. The zero-order chi connectivity index (χ0) is 12.2. The van der Waals surface area contributed by atoms with Gasteiger partial charge in [-0.2, -0.15) is 0 Å². The smallest absolute Gasteiger partial charge is 0.310 e. The molecule has 1 aliphatic heterocycles. The number of halogens is 1. The first-order valence-electron chi connectivity index (χ1n) is 5.98. The molecule has 0 saturated carbocycles. The van der Waals surface area contributed by atoms with Crippen LogP contribution in [0.5, 0.6) is 0 Å². The topological polar surface area (TPSA) is 26.3 Å². The van der Waals surface area contributed by atoms with Gasteiger partial charge >= 0.3 is 5.97 Å². The Balaban J connectivity index is 2.05. The van der Waals surface area contributed by atoms with Gasteiger partial charge in [-0.1, -0.05) is 45.8 Å². The van der Waals surface area contributed by atoms with Crippen LogP contribution in [0.15, 0.2) is 34.4 Å². The number of allylic oxidation sites excluding steroid dienone is 4. The van der Waals surface area contributed by atoms with Crippen LogP contribution in [0, 0.1) is 23.7 Å². The Hall–Kier alpha value is -0.830. The molecule has 1 heterocycles. The van der Waals surface area contributed by atoms with Crippen LogP contribution in [0.4, 0.5) is 0 Å². The van der Waals surface area contributed by atoms with Crippen LogP contribution in [0.2, 0.25) is 0 Å². The average molecular weight is 295 g/mol. The first kappa shape index (κ1) is 11.3. The van der Waals surface area contributed by atoms with Crippen LogP contribution >= 0.6 is 15.9 Å². The van der Waals surface area contributed by atoms with Crippen molar-refractivity contribution in [3.05, 3.63) is 34.4 Å². The third-order valence-corrected chi connectivity index (χ3v) is 5.08. The van der Waals surface area contributed by atoms with E-state index in [0.29, 0.717) is 12.5 Å². The minimum absolute atomic E-state index is 0.0179. The van der Waals surface area contributed by atoms with Crippen molar-refractivity contribution in [2.24, 2.45) is 23.7 Å². The van der Waals surface area contributed by atoms with Crippen LogP contribution in [0.3, 0.4) is 0 Å². The van der Waals surface area contributed by atoms with Crippen molar-refractivity contribution in [2.75, 3.05) is 6.61 Å². The molecule has 0 unspecified atom stereocenters. The predicted octanol–water partition coefficient (Wildman–Crippen LogP) is 3.21. The first-order chi connectivity index (χ1) is 8.08. The van der Waals surface area contributed by atoms with Gasteiger partial charge in [0.05, 0.1) is 12.5 Å². The molecule has 3 aliphatic rings. The van der Waals surface area contributed by atoms with E-state index in [9.17, 15) is 4.79 Å². The summed E-state index contributed by atoms with van der Waals surface area (Å²) in [5, 5.41) is 0. The molecule has 0 bridgehead atoms. The fourth-order valence-electron chi connectivity index (χ4n) is 3.20. The van der Waals surface area contributed by atoms with Crippen molar-refractivity contribution in [1.82, 2.24) is 0 Å². The maximum atomic E-state index is 11.8. The van der Waals surface area contributed by atoms with Crippen molar-refractivity contribution in [3.63, 3.8) is 0 Å². The van der Waals surface area contributed by atoms with Crippen molar-refractivity contribution in [1.29, 1.82) is 0 Å². The molecular formula is C14H15BrO2. The second-order valence-corrected chi connectivity index (χ2v) is 6.13. The summed E-state index contributed by atoms with van der Waals surface area (Å²) in [5.41, 5.74) is 2.41. The molecule has 0 aromatic heterocycles. The van der Waals surface area contributed by atoms with Crippen molar-refractivity contribution < 1.29 is 9.53 Å². The van der Waals surface area contributed by atoms with Gasteiger partial charge in [-0.05, 0) is 23.7 Å². The molecule has 0 amide bonds. The molecule has 17 heavy (non-hydrogen) atoms. The highest BCUT2D eigenvalue weighted by molar-refractivity contribution is 9.11. The zero-order valence-electron chi connectivity index (χ0n) is 9.78. The number of fused-ring (bicyclic) bond motifs is 3. The standard InChI is InChI=1S/C14H15BrO2/c1-7-3-10-11(4-8(7)2)13-9(5-12(10)15)6-17-14(13)16/h4-5,9-11,13H,1,3,6H2,2H3/t9-,10+,11+,13+/m1/s1. The van der Waals surface area contributed by atoms with Gasteiger partial charge in [0.25, 0.3) is 0 Å². The lowest BCUT2D eigenvalue weighted by Gasteiger charge is -2.38. The van der Waals surface area contributed by atoms with Gasteiger partial charge < -0.3 is 4.74 Å². The lowest BCUT2D eigenvalue weighted by molar-refractivity contribution is -0.142. The third kappa shape index (κ3) is 1.63. The van der Waals surface area contributed by atoms with Crippen LogP contribution in [-0.4, -0.2) is 12.6 Å². The fraction of sp³-hybridized carbons (Fsp3) is 0.500. The monoisotopic (exact) mass is 294 g/mol. The van der Waals surface area contributed by atoms with E-state index in [2.05, 4.69) is 41.6 Å². The maximum Gasteiger partial charge on any atom is 0.310 e. The molecule has 0 spiro atoms. The lowest BCUT2D eigenvalue weighted by atomic mass is 9.66. The molecule has 1 saturated heterocycles. The summed E-state index contributed by atoms with van der Waals surface area (Å²) in [6.45, 7) is 6.71. The minimum atomic E-state index is -0.0298. The minimum Gasteiger partial charge on any atom is -0.465 e. The highest BCUT2D eigenvalue weighted by Gasteiger charge is 2.48. The number of carbonyl (C=O) groups excluding carboxylic acids is 1. The predicted molar refractivity (Wildman–Crippen MR) is 69.4 cm³/mol. The number of carbonyl (C=O) groups is 1. The molecule has 0 aromatic rings. The summed E-state index contributed by atoms with van der Waals surface area (Å²) in [6, 6.07) is 0. The fourth-order valence-corrected chi connectivity index (χ4v) is 4.00. The molecule has 0 radical (unpaired) electrons. The highest BCUT2D eigenvalue weighted by atomic mass is 79.9. The summed E-state index contributed by atoms with van der Waals surface area (Å²) in [6.07, 6.45) is 5.33. The summed E-state index contributed by atoms with van der Waals surface area (Å²) >= 11 is 3.66. The molecule has 1 fully saturated rings. The first-order valence-corrected chi connectivity index (χ1v) is 6.77. The van der Waals surface area contributed by atoms with E-state index < -0.39 is 0 Å². The summed E-state index contributed by atoms with van der Waals surface area (Å²) in [4.78, 5) is 11.8. The number of esters is 1. The average Bonchev–Trinajstić information content (AvgIpc) is 2.63. The highest BCUT2D eigenvalue weighted by Crippen LogP contribution is 2.50. The SMILES string of the molecule is C=C1C[C@@H]2C(Br)=C[C@@H]3COC(=O)[C@@H]3[C@H]2C=C1C. The second kappa shape index (κ2) is 3.84. The molecule has 0 aromatic carbocycles. The van der Waals surface area contributed by atoms with E-state index in [-0.39, 0.29) is 23.7 Å². The summed E-state index contributed by atoms with van der Waals surface area (Å²) in [5.74, 6) is 0.883. The molecule has 2 aliphatic carbocycles. The van der Waals surface area contributed by atoms with Gasteiger partial charge in [0.2, 0.25) is 0 Å². The number of ether oxygens (including phenoxy) is 1. The van der Waals surface area contributed by atoms with Gasteiger partial charge in [0, 0.05) is 11.8 Å². The lowest BCUT2D eigenvalue weighted by Crippen LogP contribution is -2.35. The van der Waals surface area contributed by atoms with Gasteiger partial charge in [0.1, 0.15) is 0 Å². The largest absolute Gasteiger partial charge is 0.465 e. The van der Waals surface area contributed by atoms with Gasteiger partial charge in [-0.25, -0.2) is 0 Å². The molecule has 0 N–H and O–H groups in total. The maximum absolute atomic E-state index is 11.8. The van der Waals surface area contributed by atoms with E-state index >= 15 is 0 Å². The van der Waals surface area contributed by atoms with Crippen LogP contribution < -0.4 is 0 Å². The van der Waals surface area contributed by atoms with Crippen LogP contribution in [0.25, 0.3) is 0 Å². The Bertz CT molecular complexity index is 461. The molecule has 2 nitrogen and oxygen atoms in total. The number of hydrogen-bond donors (Lipinski definition) is 0. The zero-order valence-corrected chi connectivity index (χ0v) is 11.4. The Morgan fingerprint density at radius 2 is 2.24 bits per heavy atom. The Morgan fingerprint density at radius 3 is 3.00 bits per heavy atom. The van der Waals surface area contributed by atoms with Crippen molar-refractivity contribution in [3.8, 4) is 0 Å². The molecule has 3 heteroatoms. The molecule has 3 rings (SSSR count). The van der Waals surface area contributed by atoms with Crippen LogP contribution in [-0.2, 0) is 9.53 Å². The van der Waals surface area contributed by atoms with Gasteiger partial charge in [-0.3, -0.25) is 4.79 Å². The number of hydrogen-bond acceptors (Lipinski definition) is 2. The van der Waals surface area contributed by atoms with E-state index in [4.69, 9.17) is 4.74 Å². The Labute approximate surface area is 110 Å². The molecule has 90 valence electrons. The third-order valence-electron chi connectivity index (χ3n) is 4.22. The number of cyclic esters (lactones) is 1. The van der Waals surface area contributed by atoms with Crippen LogP contribution in [0.1, 0.15) is 13.3 Å². The quantitative estimate of drug-likeness (QED) is 0.641. The van der Waals surface area contributed by atoms with E-state index in [1.165, 1.54) is 15.6 Å². The normalized spacial score (nSPS) is 40.1. The Morgan fingerprint density at radius 1 is 1.47 bits per heavy atom. The van der Waals surface area contributed by atoms with E-state index in [1.54, 1.807) is 0 Å². The van der Waals surface area contributed by atoms with E-state index in [0.717, 1.165) is 6.42 Å². The van der Waals surface area contributed by atoms with Crippen molar-refractivity contribution in [2.45, 2.75) is 13.3 Å². The second-order valence-electron chi connectivity index (χ2n) is 5.21. The summed E-state index contributed by atoms with van der Waals surface area (Å²) < 4.78 is 6.42. The Kier molecular flexibility index (Phi) is 2.54. The van der Waals surface area contributed by atoms with Gasteiger partial charge in [-0.15, -0.1) is 0 Å².